The summed E-state index contributed by atoms with van der Waals surface area (Å²) in [6.07, 6.45) is 1.25. The lowest BCUT2D eigenvalue weighted by molar-refractivity contribution is -0.129. The largest absolute Gasteiger partial charge is 0.387 e. The van der Waals surface area contributed by atoms with E-state index in [-0.39, 0.29) is 0 Å². The Balaban J connectivity index is 3.95. The second-order valence-corrected chi connectivity index (χ2v) is 2.47. The first-order chi connectivity index (χ1) is 5.61. The highest BCUT2D eigenvalue weighted by atomic mass is 16.3. The van der Waals surface area contributed by atoms with E-state index in [1.165, 1.54) is 0 Å². The van der Waals surface area contributed by atoms with Gasteiger partial charge in [0.1, 0.15) is 12.6 Å². The van der Waals surface area contributed by atoms with E-state index in [9.17, 15) is 9.59 Å². The summed E-state index contributed by atoms with van der Waals surface area (Å²) < 4.78 is 0. The van der Waals surface area contributed by atoms with E-state index in [1.807, 2.05) is 6.92 Å². The van der Waals surface area contributed by atoms with Gasteiger partial charge in [0, 0.05) is 0 Å². The molecule has 0 aliphatic rings. The number of rotatable bonds is 5. The SMILES string of the molecule is CCC[C@H](NC(=O)CO)C(N)=O. The van der Waals surface area contributed by atoms with Crippen molar-refractivity contribution >= 4 is 11.8 Å². The zero-order chi connectivity index (χ0) is 9.56. The van der Waals surface area contributed by atoms with Crippen LogP contribution in [-0.2, 0) is 9.59 Å². The number of hydrogen-bond acceptors (Lipinski definition) is 3. The van der Waals surface area contributed by atoms with E-state index in [2.05, 4.69) is 5.32 Å². The normalized spacial score (nSPS) is 12.2. The van der Waals surface area contributed by atoms with E-state index in [0.717, 1.165) is 6.42 Å². The van der Waals surface area contributed by atoms with Crippen LogP contribution < -0.4 is 11.1 Å². The van der Waals surface area contributed by atoms with E-state index < -0.39 is 24.5 Å². The van der Waals surface area contributed by atoms with E-state index in [4.69, 9.17) is 10.8 Å². The van der Waals surface area contributed by atoms with E-state index in [0.29, 0.717) is 6.42 Å². The van der Waals surface area contributed by atoms with Crippen LogP contribution in [0, 0.1) is 0 Å². The van der Waals surface area contributed by atoms with Crippen LogP contribution in [0.5, 0.6) is 0 Å². The van der Waals surface area contributed by atoms with Gasteiger partial charge in [0.25, 0.3) is 0 Å². The number of aliphatic hydroxyl groups is 1. The molecule has 0 aliphatic carbocycles. The summed E-state index contributed by atoms with van der Waals surface area (Å²) in [6.45, 7) is 1.26. The molecule has 0 heterocycles. The van der Waals surface area contributed by atoms with Crippen molar-refractivity contribution in [1.29, 1.82) is 0 Å². The molecule has 0 saturated heterocycles. The molecule has 0 radical (unpaired) electrons. The summed E-state index contributed by atoms with van der Waals surface area (Å²) >= 11 is 0. The smallest absolute Gasteiger partial charge is 0.246 e. The van der Waals surface area contributed by atoms with Crippen molar-refractivity contribution in [1.82, 2.24) is 5.32 Å². The summed E-state index contributed by atoms with van der Waals surface area (Å²) in [5, 5.41) is 10.7. The highest BCUT2D eigenvalue weighted by molar-refractivity contribution is 5.86. The van der Waals surface area contributed by atoms with E-state index >= 15 is 0 Å². The fraction of sp³-hybridized carbons (Fsp3) is 0.714. The number of nitrogens with one attached hydrogen (secondary N) is 1. The van der Waals surface area contributed by atoms with Crippen molar-refractivity contribution in [2.24, 2.45) is 5.73 Å². The van der Waals surface area contributed by atoms with Gasteiger partial charge >= 0.3 is 0 Å². The third-order valence-corrected chi connectivity index (χ3v) is 1.40. The van der Waals surface area contributed by atoms with Gasteiger partial charge in [0.2, 0.25) is 11.8 Å². The van der Waals surface area contributed by atoms with Gasteiger partial charge in [0.05, 0.1) is 0 Å². The molecule has 5 heteroatoms. The fourth-order valence-corrected chi connectivity index (χ4v) is 0.814. The van der Waals surface area contributed by atoms with Gasteiger partial charge in [0.15, 0.2) is 0 Å². The summed E-state index contributed by atoms with van der Waals surface area (Å²) in [6, 6.07) is -0.658. The Morgan fingerprint density at radius 2 is 2.17 bits per heavy atom. The Labute approximate surface area is 70.9 Å². The standard InChI is InChI=1S/C7H14N2O3/c1-2-3-5(7(8)12)9-6(11)4-10/h5,10H,2-4H2,1H3,(H2,8,12)(H,9,11)/t5-/m0/s1. The maximum absolute atomic E-state index is 10.7. The van der Waals surface area contributed by atoms with Crippen LogP contribution in [0.15, 0.2) is 0 Å². The number of aliphatic hydroxyl groups excluding tert-OH is 1. The summed E-state index contributed by atoms with van der Waals surface area (Å²) in [5.41, 5.74) is 4.99. The molecule has 0 aliphatic heterocycles. The van der Waals surface area contributed by atoms with Crippen molar-refractivity contribution in [3.8, 4) is 0 Å². The molecule has 4 N–H and O–H groups in total. The molecule has 2 amide bonds. The minimum Gasteiger partial charge on any atom is -0.387 e. The molecule has 0 spiro atoms. The van der Waals surface area contributed by atoms with Gasteiger partial charge in [-0.25, -0.2) is 0 Å². The lowest BCUT2D eigenvalue weighted by atomic mass is 10.1. The Bertz CT molecular complexity index is 168. The van der Waals surface area contributed by atoms with Crippen LogP contribution in [0.1, 0.15) is 19.8 Å². The second kappa shape index (κ2) is 5.54. The maximum atomic E-state index is 10.7. The highest BCUT2D eigenvalue weighted by Gasteiger charge is 2.15. The van der Waals surface area contributed by atoms with Gasteiger partial charge in [-0.15, -0.1) is 0 Å². The number of hydrogen-bond donors (Lipinski definition) is 3. The average molecular weight is 174 g/mol. The van der Waals surface area contributed by atoms with E-state index in [1.54, 1.807) is 0 Å². The topological polar surface area (TPSA) is 92.4 Å². The monoisotopic (exact) mass is 174 g/mol. The zero-order valence-corrected chi connectivity index (χ0v) is 7.04. The van der Waals surface area contributed by atoms with Crippen LogP contribution in [0.3, 0.4) is 0 Å². The van der Waals surface area contributed by atoms with Crippen molar-refractivity contribution in [2.45, 2.75) is 25.8 Å². The Hall–Kier alpha value is -1.10. The number of amides is 2. The molecule has 0 fully saturated rings. The van der Waals surface area contributed by atoms with Gasteiger partial charge in [-0.1, -0.05) is 13.3 Å². The number of nitrogens with two attached hydrogens (primary N) is 1. The Kier molecular flexibility index (Phi) is 5.03. The van der Waals surface area contributed by atoms with Crippen molar-refractivity contribution in [2.75, 3.05) is 6.61 Å². The number of carbonyl (C=O) groups excluding carboxylic acids is 2. The average Bonchev–Trinajstić information content (AvgIpc) is 2.03. The maximum Gasteiger partial charge on any atom is 0.246 e. The zero-order valence-electron chi connectivity index (χ0n) is 7.04. The molecule has 0 bridgehead atoms. The molecule has 0 unspecified atom stereocenters. The van der Waals surface area contributed by atoms with Crippen LogP contribution in [0.25, 0.3) is 0 Å². The Morgan fingerprint density at radius 3 is 2.50 bits per heavy atom. The molecule has 12 heavy (non-hydrogen) atoms. The molecule has 0 aromatic rings. The minimum absolute atomic E-state index is 0.501. The molecule has 1 atom stereocenters. The first-order valence-electron chi connectivity index (χ1n) is 3.81. The third-order valence-electron chi connectivity index (χ3n) is 1.40. The molecular weight excluding hydrogens is 160 g/mol. The molecule has 0 aromatic heterocycles. The predicted molar refractivity (Wildman–Crippen MR) is 43.1 cm³/mol. The van der Waals surface area contributed by atoms with Gasteiger partial charge in [-0.2, -0.15) is 0 Å². The quantitative estimate of drug-likeness (QED) is 0.486. The van der Waals surface area contributed by atoms with Crippen molar-refractivity contribution in [3.05, 3.63) is 0 Å². The first-order valence-corrected chi connectivity index (χ1v) is 3.81. The Morgan fingerprint density at radius 1 is 1.58 bits per heavy atom. The fourth-order valence-electron chi connectivity index (χ4n) is 0.814. The molecular formula is C7H14N2O3. The van der Waals surface area contributed by atoms with Gasteiger partial charge in [-0.05, 0) is 6.42 Å². The van der Waals surface area contributed by atoms with Crippen LogP contribution in [-0.4, -0.2) is 29.6 Å². The van der Waals surface area contributed by atoms with Crippen molar-refractivity contribution in [3.63, 3.8) is 0 Å². The van der Waals surface area contributed by atoms with Crippen LogP contribution in [0.2, 0.25) is 0 Å². The second-order valence-electron chi connectivity index (χ2n) is 2.47. The number of primary amides is 1. The summed E-state index contributed by atoms with van der Waals surface area (Å²) in [7, 11) is 0. The molecule has 0 aromatic carbocycles. The molecule has 70 valence electrons. The third kappa shape index (κ3) is 3.92. The first kappa shape index (κ1) is 10.9. The van der Waals surface area contributed by atoms with Gasteiger partial charge < -0.3 is 16.2 Å². The summed E-state index contributed by atoms with van der Waals surface area (Å²) in [4.78, 5) is 21.3. The molecule has 5 nitrogen and oxygen atoms in total. The molecule has 0 rings (SSSR count). The number of carbonyl (C=O) groups is 2. The lowest BCUT2D eigenvalue weighted by Crippen LogP contribution is -2.45. The van der Waals surface area contributed by atoms with Crippen molar-refractivity contribution < 1.29 is 14.7 Å². The minimum atomic E-state index is -0.658. The predicted octanol–water partition coefficient (Wildman–Crippen LogP) is -1.25. The highest BCUT2D eigenvalue weighted by Crippen LogP contribution is 1.94. The lowest BCUT2D eigenvalue weighted by Gasteiger charge is -2.12. The summed E-state index contributed by atoms with van der Waals surface area (Å²) in [5.74, 6) is -1.15. The van der Waals surface area contributed by atoms with Crippen LogP contribution in [0.4, 0.5) is 0 Å². The molecule has 0 saturated carbocycles. The van der Waals surface area contributed by atoms with Gasteiger partial charge in [-0.3, -0.25) is 9.59 Å². The van der Waals surface area contributed by atoms with Crippen LogP contribution >= 0.6 is 0 Å².